The minimum absolute atomic E-state index is 0.414. The second-order valence-corrected chi connectivity index (χ2v) is 9.65. The van der Waals surface area contributed by atoms with Crippen LogP contribution < -0.4 is 0 Å². The summed E-state index contributed by atoms with van der Waals surface area (Å²) in [5.41, 5.74) is 1.54. The maximum atomic E-state index is 6.67. The number of aryl methyl sites for hydroxylation is 1. The third-order valence-corrected chi connectivity index (χ3v) is 7.72. The number of unbranched alkanes of at least 4 members (excludes halogenated alkanes) is 1. The Kier molecular flexibility index (Phi) is 7.54. The predicted octanol–water partition coefficient (Wildman–Crippen LogP) is 6.48. The fourth-order valence-electron chi connectivity index (χ4n) is 6.12. The van der Waals surface area contributed by atoms with Crippen molar-refractivity contribution in [2.45, 2.75) is 89.6 Å². The van der Waals surface area contributed by atoms with E-state index in [1.165, 1.54) is 69.7 Å². The van der Waals surface area contributed by atoms with Gasteiger partial charge in [0.2, 0.25) is 0 Å². The van der Waals surface area contributed by atoms with Gasteiger partial charge in [0, 0.05) is 24.9 Å². The van der Waals surface area contributed by atoms with E-state index >= 15 is 0 Å². The lowest BCUT2D eigenvalue weighted by atomic mass is 9.83. The van der Waals surface area contributed by atoms with Crippen LogP contribution in [0.15, 0.2) is 35.3 Å². The van der Waals surface area contributed by atoms with Gasteiger partial charge in [0.1, 0.15) is 11.5 Å². The Labute approximate surface area is 184 Å². The van der Waals surface area contributed by atoms with Crippen LogP contribution in [-0.2, 0) is 6.42 Å². The summed E-state index contributed by atoms with van der Waals surface area (Å²) in [7, 11) is 0. The lowest BCUT2D eigenvalue weighted by molar-refractivity contribution is 0.0500. The fourth-order valence-corrected chi connectivity index (χ4v) is 6.12. The second kappa shape index (κ2) is 10.3. The largest absolute Gasteiger partial charge is 0.464 e. The van der Waals surface area contributed by atoms with Crippen molar-refractivity contribution in [3.05, 3.63) is 48.0 Å². The number of rotatable bonds is 7. The average Bonchev–Trinajstić information content (AvgIpc) is 3.28. The van der Waals surface area contributed by atoms with Crippen LogP contribution in [0.5, 0.6) is 0 Å². The van der Waals surface area contributed by atoms with Gasteiger partial charge in [-0.3, -0.25) is 4.90 Å². The topological polar surface area (TPSA) is 19.6 Å². The molecule has 5 unspecified atom stereocenters. The number of piperidine rings is 1. The summed E-state index contributed by atoms with van der Waals surface area (Å²) in [5.74, 6) is 3.84. The van der Waals surface area contributed by atoms with Gasteiger partial charge in [0.15, 0.2) is 0 Å². The summed E-state index contributed by atoms with van der Waals surface area (Å²) in [6, 6.07) is 3.28. The molecular weight excluding hydrogens is 368 g/mol. The Morgan fingerprint density at radius 1 is 1.23 bits per heavy atom. The molecule has 1 aromatic heterocycles. The molecule has 6 bridgehead atoms. The van der Waals surface area contributed by atoms with Crippen LogP contribution in [0.2, 0.25) is 0 Å². The fraction of sp³-hybridized carbons (Fsp3) is 0.704. The van der Waals surface area contributed by atoms with Gasteiger partial charge in [-0.15, -0.1) is 6.58 Å². The van der Waals surface area contributed by atoms with Crippen LogP contribution in [0.25, 0.3) is 0 Å². The zero-order chi connectivity index (χ0) is 20.9. The molecule has 0 aromatic carbocycles. The summed E-state index contributed by atoms with van der Waals surface area (Å²) in [4.78, 5) is 5.51. The van der Waals surface area contributed by atoms with E-state index < -0.39 is 0 Å². The summed E-state index contributed by atoms with van der Waals surface area (Å²) >= 11 is 0. The molecule has 5 rings (SSSR count). The van der Waals surface area contributed by atoms with Crippen LogP contribution >= 0.6 is 0 Å². The highest BCUT2D eigenvalue weighted by molar-refractivity contribution is 5.37. The standard InChI is InChI=1S/C27H42N2O/c1-4-7-17-29(21(5-2)6-3)26-25-20-28-16-13-11-9-8-10-12-14-22-19-24(27(26)30-22)23(25)15-18-28/h5,8,10,19,21,23,25-26H,2,4,6-7,9,11-18,20H2,1,3H3. The summed E-state index contributed by atoms with van der Waals surface area (Å²) in [5, 5.41) is 0. The number of nitrogens with zero attached hydrogens (tertiary/aromatic N) is 2. The molecule has 0 spiro atoms. The molecule has 1 aliphatic carbocycles. The Morgan fingerprint density at radius 3 is 2.90 bits per heavy atom. The van der Waals surface area contributed by atoms with Gasteiger partial charge in [-0.25, -0.2) is 0 Å². The summed E-state index contributed by atoms with van der Waals surface area (Å²) in [6.07, 6.45) is 17.8. The first-order valence-electron chi connectivity index (χ1n) is 12.6. The van der Waals surface area contributed by atoms with Gasteiger partial charge < -0.3 is 9.32 Å². The van der Waals surface area contributed by atoms with E-state index in [4.69, 9.17) is 4.42 Å². The van der Waals surface area contributed by atoms with Gasteiger partial charge >= 0.3 is 0 Å². The molecular formula is C27H42N2O. The zero-order valence-electron chi connectivity index (χ0n) is 19.3. The Balaban J connectivity index is 1.70. The normalized spacial score (nSPS) is 29.8. The van der Waals surface area contributed by atoms with Gasteiger partial charge in [0.05, 0.1) is 6.04 Å². The molecule has 0 amide bonds. The first kappa shape index (κ1) is 21.9. The predicted molar refractivity (Wildman–Crippen MR) is 126 cm³/mol. The Hall–Kier alpha value is -1.32. The molecule has 30 heavy (non-hydrogen) atoms. The first-order valence-corrected chi connectivity index (χ1v) is 12.6. The van der Waals surface area contributed by atoms with Crippen molar-refractivity contribution >= 4 is 0 Å². The highest BCUT2D eigenvalue weighted by Crippen LogP contribution is 2.53. The quantitative estimate of drug-likeness (QED) is 0.480. The van der Waals surface area contributed by atoms with Gasteiger partial charge in [-0.2, -0.15) is 0 Å². The van der Waals surface area contributed by atoms with E-state index in [0.717, 1.165) is 25.8 Å². The van der Waals surface area contributed by atoms with Crippen molar-refractivity contribution in [2.75, 3.05) is 26.2 Å². The molecule has 166 valence electrons. The molecule has 3 aliphatic heterocycles. The van der Waals surface area contributed by atoms with Crippen LogP contribution in [0, 0.1) is 5.92 Å². The van der Waals surface area contributed by atoms with Gasteiger partial charge in [0.25, 0.3) is 0 Å². The zero-order valence-corrected chi connectivity index (χ0v) is 19.3. The maximum Gasteiger partial charge on any atom is 0.125 e. The lowest BCUT2D eigenvalue weighted by Gasteiger charge is -2.43. The van der Waals surface area contributed by atoms with E-state index in [0.29, 0.717) is 23.9 Å². The molecule has 5 atom stereocenters. The van der Waals surface area contributed by atoms with Crippen LogP contribution in [0.3, 0.4) is 0 Å². The minimum Gasteiger partial charge on any atom is -0.464 e. The molecule has 3 nitrogen and oxygen atoms in total. The van der Waals surface area contributed by atoms with Crippen molar-refractivity contribution in [1.82, 2.24) is 9.80 Å². The minimum atomic E-state index is 0.414. The van der Waals surface area contributed by atoms with Crippen molar-refractivity contribution in [3.8, 4) is 0 Å². The third kappa shape index (κ3) is 4.48. The molecule has 0 radical (unpaired) electrons. The highest BCUT2D eigenvalue weighted by atomic mass is 16.3. The second-order valence-electron chi connectivity index (χ2n) is 9.65. The summed E-state index contributed by atoms with van der Waals surface area (Å²) < 4.78 is 6.67. The Morgan fingerprint density at radius 2 is 2.10 bits per heavy atom. The number of allylic oxidation sites excluding steroid dienone is 2. The molecule has 1 aromatic rings. The van der Waals surface area contributed by atoms with Crippen molar-refractivity contribution in [2.24, 2.45) is 5.92 Å². The third-order valence-electron chi connectivity index (χ3n) is 7.72. The van der Waals surface area contributed by atoms with Crippen LogP contribution in [-0.4, -0.2) is 42.0 Å². The van der Waals surface area contributed by atoms with Crippen LogP contribution in [0.1, 0.15) is 94.3 Å². The number of fused-ring (bicyclic) bond motifs is 7. The molecule has 4 aliphatic rings. The van der Waals surface area contributed by atoms with Gasteiger partial charge in [-0.1, -0.05) is 38.5 Å². The molecule has 1 fully saturated rings. The molecule has 4 heterocycles. The average molecular weight is 411 g/mol. The molecule has 0 saturated carbocycles. The van der Waals surface area contributed by atoms with E-state index in [1.54, 1.807) is 5.56 Å². The summed E-state index contributed by atoms with van der Waals surface area (Å²) in [6.45, 7) is 13.7. The van der Waals surface area contributed by atoms with Crippen molar-refractivity contribution in [3.63, 3.8) is 0 Å². The molecule has 3 heteroatoms. The lowest BCUT2D eigenvalue weighted by Crippen LogP contribution is -2.46. The smallest absolute Gasteiger partial charge is 0.125 e. The maximum absolute atomic E-state index is 6.67. The van der Waals surface area contributed by atoms with Crippen LogP contribution in [0.4, 0.5) is 0 Å². The van der Waals surface area contributed by atoms with Crippen molar-refractivity contribution in [1.29, 1.82) is 0 Å². The van der Waals surface area contributed by atoms with Gasteiger partial charge in [-0.05, 0) is 82.1 Å². The first-order chi connectivity index (χ1) is 14.8. The SMILES string of the molecule is C=CC(CC)N(CCCC)C1c2oc3cc2C2CCN(CCCCC=CCC3)CC21. The van der Waals surface area contributed by atoms with E-state index in [2.05, 4.69) is 54.5 Å². The Bertz CT molecular complexity index is 720. The van der Waals surface area contributed by atoms with Crippen molar-refractivity contribution < 1.29 is 4.42 Å². The van der Waals surface area contributed by atoms with E-state index in [1.807, 2.05) is 0 Å². The molecule has 1 saturated heterocycles. The number of hydrogen-bond acceptors (Lipinski definition) is 3. The number of hydrogen-bond donors (Lipinski definition) is 0. The van der Waals surface area contributed by atoms with E-state index in [9.17, 15) is 0 Å². The monoisotopic (exact) mass is 410 g/mol. The highest BCUT2D eigenvalue weighted by Gasteiger charge is 2.49. The molecule has 0 N–H and O–H groups in total. The van der Waals surface area contributed by atoms with E-state index in [-0.39, 0.29) is 0 Å². The number of furan rings is 1.